The fourth-order valence-corrected chi connectivity index (χ4v) is 9.85. The zero-order valence-corrected chi connectivity index (χ0v) is 33.6. The van der Waals surface area contributed by atoms with Crippen molar-refractivity contribution in [2.24, 2.45) is 17.8 Å². The molecule has 1 aliphatic carbocycles. The predicted octanol–water partition coefficient (Wildman–Crippen LogP) is 7.29. The number of nitro groups is 1. The predicted molar refractivity (Wildman–Crippen MR) is 224 cm³/mol. The zero-order valence-electron chi connectivity index (χ0n) is 32.8. The molecule has 0 unspecified atom stereocenters. The molecule has 5 aliphatic rings. The van der Waals surface area contributed by atoms with E-state index < -0.39 is 31.4 Å². The normalized spacial score (nSPS) is 20.3. The molecule has 2 N–H and O–H groups in total. The highest BCUT2D eigenvalue weighted by molar-refractivity contribution is 7.90. The van der Waals surface area contributed by atoms with E-state index in [1.54, 1.807) is 24.3 Å². The third-order valence-electron chi connectivity index (χ3n) is 12.2. The molecule has 0 spiro atoms. The Kier molecular flexibility index (Phi) is 12.1. The summed E-state index contributed by atoms with van der Waals surface area (Å²) in [6.07, 6.45) is 7.08. The number of nitro benzene ring substituents is 1. The van der Waals surface area contributed by atoms with E-state index in [0.717, 1.165) is 82.2 Å². The van der Waals surface area contributed by atoms with Crippen LogP contribution >= 0.6 is 0 Å². The quantitative estimate of drug-likeness (QED) is 0.104. The van der Waals surface area contributed by atoms with Crippen molar-refractivity contribution in [2.45, 2.75) is 50.0 Å². The average Bonchev–Trinajstić information content (AvgIpc) is 3.58. The minimum atomic E-state index is -4.51. The average molecular weight is 809 g/mol. The van der Waals surface area contributed by atoms with E-state index in [4.69, 9.17) is 9.47 Å². The molecule has 13 nitrogen and oxygen atoms in total. The van der Waals surface area contributed by atoms with Gasteiger partial charge in [0.1, 0.15) is 17.2 Å². The number of rotatable bonds is 13. The lowest BCUT2D eigenvalue weighted by molar-refractivity contribution is -0.384. The number of sulfonamides is 1. The van der Waals surface area contributed by atoms with Gasteiger partial charge in [-0.2, -0.15) is 0 Å². The number of piperazine rings is 1. The fourth-order valence-electron chi connectivity index (χ4n) is 8.86. The largest absolute Gasteiger partial charge is 0.456 e. The number of nitrogens with one attached hydrogen (secondary N) is 2. The summed E-state index contributed by atoms with van der Waals surface area (Å²) in [5.41, 5.74) is 3.42. The minimum absolute atomic E-state index is 0.0117. The van der Waals surface area contributed by atoms with Gasteiger partial charge in [-0.1, -0.05) is 36.4 Å². The summed E-state index contributed by atoms with van der Waals surface area (Å²) in [6, 6.07) is 26.6. The fraction of sp³-hybridized carbons (Fsp3) is 0.432. The van der Waals surface area contributed by atoms with Gasteiger partial charge >= 0.3 is 0 Å². The van der Waals surface area contributed by atoms with Crippen molar-refractivity contribution in [3.05, 3.63) is 112 Å². The van der Waals surface area contributed by atoms with Crippen LogP contribution in [0, 0.1) is 27.9 Å². The smallest absolute Gasteiger partial charge is 0.293 e. The van der Waals surface area contributed by atoms with Crippen LogP contribution in [0.15, 0.2) is 95.9 Å². The van der Waals surface area contributed by atoms with Gasteiger partial charge in [0.25, 0.3) is 21.6 Å². The van der Waals surface area contributed by atoms with Crippen LogP contribution < -0.4 is 24.6 Å². The molecule has 1 saturated carbocycles. The van der Waals surface area contributed by atoms with Crippen LogP contribution in [0.5, 0.6) is 11.5 Å². The molecule has 58 heavy (non-hydrogen) atoms. The molecule has 0 radical (unpaired) electrons. The van der Waals surface area contributed by atoms with Crippen molar-refractivity contribution >= 4 is 38.7 Å². The number of para-hydroxylation sites is 2. The van der Waals surface area contributed by atoms with Crippen molar-refractivity contribution in [1.29, 1.82) is 0 Å². The number of carbonyl (C=O) groups excluding carboxylic acids is 1. The summed E-state index contributed by atoms with van der Waals surface area (Å²) in [7, 11) is -4.51. The maximum Gasteiger partial charge on any atom is 0.293 e. The van der Waals surface area contributed by atoms with E-state index in [2.05, 4.69) is 49.0 Å². The second-order valence-electron chi connectivity index (χ2n) is 16.1. The molecule has 2 bridgehead atoms. The molecule has 4 saturated heterocycles. The van der Waals surface area contributed by atoms with Crippen molar-refractivity contribution in [3.63, 3.8) is 0 Å². The van der Waals surface area contributed by atoms with E-state index >= 15 is 0 Å². The molecule has 306 valence electrons. The third-order valence-corrected chi connectivity index (χ3v) is 13.5. The van der Waals surface area contributed by atoms with Crippen LogP contribution in [0.2, 0.25) is 0 Å². The first-order chi connectivity index (χ1) is 28.2. The van der Waals surface area contributed by atoms with Gasteiger partial charge in [-0.05, 0) is 104 Å². The van der Waals surface area contributed by atoms with Crippen molar-refractivity contribution < 1.29 is 27.6 Å². The molecule has 0 atom stereocenters. The number of benzene rings is 4. The van der Waals surface area contributed by atoms with Gasteiger partial charge in [-0.25, -0.2) is 13.1 Å². The van der Waals surface area contributed by atoms with Crippen molar-refractivity contribution in [1.82, 2.24) is 9.62 Å². The second kappa shape index (κ2) is 17.8. The molecule has 0 aromatic heterocycles. The molecular formula is C44H52N6O7S. The number of hydrogen-bond donors (Lipinski definition) is 2. The van der Waals surface area contributed by atoms with E-state index in [9.17, 15) is 23.3 Å². The molecule has 9 rings (SSSR count). The van der Waals surface area contributed by atoms with E-state index in [0.29, 0.717) is 25.5 Å². The van der Waals surface area contributed by atoms with Crippen LogP contribution in [0.1, 0.15) is 54.4 Å². The molecule has 14 heteroatoms. The number of carbonyl (C=O) groups is 1. The van der Waals surface area contributed by atoms with Gasteiger partial charge in [-0.3, -0.25) is 19.8 Å². The summed E-state index contributed by atoms with van der Waals surface area (Å²) in [4.78, 5) is 32.1. The van der Waals surface area contributed by atoms with Crippen LogP contribution in [0.3, 0.4) is 0 Å². The Morgan fingerprint density at radius 2 is 1.50 bits per heavy atom. The maximum atomic E-state index is 13.8. The van der Waals surface area contributed by atoms with Gasteiger partial charge in [-0.15, -0.1) is 0 Å². The van der Waals surface area contributed by atoms with Crippen LogP contribution in [0.25, 0.3) is 0 Å². The number of ether oxygens (including phenoxy) is 2. The lowest BCUT2D eigenvalue weighted by Gasteiger charge is -2.37. The number of nitrogens with zero attached hydrogens (tertiary/aromatic N) is 4. The number of anilines is 3. The first-order valence-corrected chi connectivity index (χ1v) is 22.0. The van der Waals surface area contributed by atoms with Gasteiger partial charge in [0, 0.05) is 89.1 Å². The standard InChI is InChI=1S/C44H52N6O7S/c51-44(46-58(54,55)38-15-17-40(42(27-38)50(52)53)45-28-32-18-24-56-25-19-32)39-16-14-36(26-43(39)57-37-7-2-1-3-8-37)48-22-20-47(21-23-48)31-35-6-4-5-9-41(35)49-29-33-10-11-34(30-49)13-12-33/h1-9,14-17,26-27,32-34,45H,10-13,18-25,28-31H2,(H,46,51). The van der Waals surface area contributed by atoms with Gasteiger partial charge in [0.15, 0.2) is 0 Å². The Labute approximate surface area is 340 Å². The first-order valence-electron chi connectivity index (χ1n) is 20.5. The van der Waals surface area contributed by atoms with Crippen LogP contribution in [-0.4, -0.2) is 83.2 Å². The Morgan fingerprint density at radius 3 is 2.21 bits per heavy atom. The number of hydrogen-bond acceptors (Lipinski definition) is 11. The SMILES string of the molecule is O=C(NS(=O)(=O)c1ccc(NCC2CCOCC2)c([N+](=O)[O-])c1)c1ccc(N2CCN(Cc3ccccc3N3CC4CCC(CC4)C3)CC2)cc1Oc1ccccc1. The van der Waals surface area contributed by atoms with Crippen molar-refractivity contribution in [2.75, 3.05) is 74.1 Å². The first kappa shape index (κ1) is 39.6. The summed E-state index contributed by atoms with van der Waals surface area (Å²) in [5, 5.41) is 15.1. The van der Waals surface area contributed by atoms with Gasteiger partial charge in [0.05, 0.1) is 15.4 Å². The molecule has 1 amide bonds. The Balaban J connectivity index is 0.955. The monoisotopic (exact) mass is 808 g/mol. The number of amides is 1. The highest BCUT2D eigenvalue weighted by Gasteiger charge is 2.31. The Bertz CT molecular complexity index is 2170. The summed E-state index contributed by atoms with van der Waals surface area (Å²) in [5.74, 6) is 1.64. The summed E-state index contributed by atoms with van der Waals surface area (Å²) < 4.78 is 40.9. The van der Waals surface area contributed by atoms with Gasteiger partial charge in [0.2, 0.25) is 0 Å². The van der Waals surface area contributed by atoms with E-state index in [-0.39, 0.29) is 22.9 Å². The molecule has 4 heterocycles. The third kappa shape index (κ3) is 9.40. The van der Waals surface area contributed by atoms with Crippen LogP contribution in [-0.2, 0) is 21.3 Å². The van der Waals surface area contributed by atoms with Gasteiger partial charge < -0.3 is 24.6 Å². The zero-order chi connectivity index (χ0) is 40.1. The van der Waals surface area contributed by atoms with Crippen molar-refractivity contribution in [3.8, 4) is 11.5 Å². The highest BCUT2D eigenvalue weighted by Crippen LogP contribution is 2.38. The summed E-state index contributed by atoms with van der Waals surface area (Å²) >= 11 is 0. The molecule has 4 aromatic carbocycles. The van der Waals surface area contributed by atoms with Crippen LogP contribution in [0.4, 0.5) is 22.7 Å². The lowest BCUT2D eigenvalue weighted by Crippen LogP contribution is -2.46. The topological polar surface area (TPSA) is 147 Å². The molecular weight excluding hydrogens is 757 g/mol. The molecule has 4 aromatic rings. The summed E-state index contributed by atoms with van der Waals surface area (Å²) in [6.45, 7) is 8.19. The minimum Gasteiger partial charge on any atom is -0.456 e. The maximum absolute atomic E-state index is 13.8. The van der Waals surface area contributed by atoms with E-state index in [1.165, 1.54) is 49.1 Å². The second-order valence-corrected chi connectivity index (χ2v) is 17.8. The molecule has 4 aliphatic heterocycles. The van der Waals surface area contributed by atoms with E-state index in [1.807, 2.05) is 24.3 Å². The lowest BCUT2D eigenvalue weighted by atomic mass is 9.84. The highest BCUT2D eigenvalue weighted by atomic mass is 32.2. The number of fused-ring (bicyclic) bond motifs is 4. The molecule has 5 fully saturated rings. The Hall–Kier alpha value is -5.18. The Morgan fingerprint density at radius 1 is 0.810 bits per heavy atom.